The molecule has 0 aliphatic heterocycles. The van der Waals surface area contributed by atoms with E-state index in [1.807, 2.05) is 30.3 Å². The first-order valence-electron chi connectivity index (χ1n) is 7.92. The molecule has 0 saturated heterocycles. The Bertz CT molecular complexity index is 717. The van der Waals surface area contributed by atoms with Gasteiger partial charge >= 0.3 is 0 Å². The van der Waals surface area contributed by atoms with Gasteiger partial charge in [0.05, 0.1) is 0 Å². The molecular weight excluding hydrogens is 384 g/mol. The highest BCUT2D eigenvalue weighted by atomic mass is 79.9. The van der Waals surface area contributed by atoms with E-state index in [1.54, 1.807) is 24.3 Å². The predicted octanol–water partition coefficient (Wildman–Crippen LogP) is 2.84. The number of benzene rings is 2. The van der Waals surface area contributed by atoms with Crippen LogP contribution in [0.25, 0.3) is 0 Å². The molecule has 6 heteroatoms. The summed E-state index contributed by atoms with van der Waals surface area (Å²) in [6.45, 7) is 0.366. The Morgan fingerprint density at radius 2 is 1.72 bits per heavy atom. The summed E-state index contributed by atoms with van der Waals surface area (Å²) >= 11 is 3.31. The normalized spacial score (nSPS) is 11.4. The van der Waals surface area contributed by atoms with Gasteiger partial charge in [-0.15, -0.1) is 0 Å². The number of carbonyl (C=O) groups is 3. The van der Waals surface area contributed by atoms with E-state index in [1.165, 1.54) is 0 Å². The van der Waals surface area contributed by atoms with Crippen LogP contribution >= 0.6 is 15.9 Å². The van der Waals surface area contributed by atoms with Crippen LogP contribution in [0.3, 0.4) is 0 Å². The fraction of sp³-hybridized carbons (Fsp3) is 0.211. The van der Waals surface area contributed by atoms with E-state index in [0.717, 1.165) is 16.3 Å². The second kappa shape index (κ2) is 9.74. The largest absolute Gasteiger partial charge is 0.350 e. The number of rotatable bonds is 8. The van der Waals surface area contributed by atoms with Crippen LogP contribution in [0.15, 0.2) is 59.1 Å². The van der Waals surface area contributed by atoms with Gasteiger partial charge in [-0.25, -0.2) is 0 Å². The molecule has 5 nitrogen and oxygen atoms in total. The van der Waals surface area contributed by atoms with Crippen molar-refractivity contribution >= 4 is 34.0 Å². The Morgan fingerprint density at radius 3 is 2.36 bits per heavy atom. The number of nitrogens with one attached hydrogen (secondary N) is 2. The molecule has 0 aliphatic rings. The van der Waals surface area contributed by atoms with Crippen LogP contribution in [0.4, 0.5) is 0 Å². The molecule has 2 N–H and O–H groups in total. The lowest BCUT2D eigenvalue weighted by atomic mass is 10.1. The fourth-order valence-corrected chi connectivity index (χ4v) is 2.52. The molecule has 0 bridgehead atoms. The highest BCUT2D eigenvalue weighted by Crippen LogP contribution is 2.11. The number of hydrogen-bond donors (Lipinski definition) is 2. The van der Waals surface area contributed by atoms with Crippen molar-refractivity contribution in [3.05, 3.63) is 70.2 Å². The second-order valence-electron chi connectivity index (χ2n) is 5.48. The minimum absolute atomic E-state index is 0.198. The molecule has 0 radical (unpaired) electrons. The highest BCUT2D eigenvalue weighted by molar-refractivity contribution is 9.10. The Morgan fingerprint density at radius 1 is 1.04 bits per heavy atom. The van der Waals surface area contributed by atoms with E-state index in [2.05, 4.69) is 26.6 Å². The van der Waals surface area contributed by atoms with Crippen LogP contribution in [0.5, 0.6) is 0 Å². The van der Waals surface area contributed by atoms with Crippen LogP contribution in [0.1, 0.15) is 28.8 Å². The second-order valence-corrected chi connectivity index (χ2v) is 6.40. The molecule has 1 atom stereocenters. The number of carbonyl (C=O) groups excluding carboxylic acids is 3. The van der Waals surface area contributed by atoms with E-state index < -0.39 is 6.04 Å². The van der Waals surface area contributed by atoms with Crippen LogP contribution in [-0.2, 0) is 16.1 Å². The molecule has 0 aromatic heterocycles. The number of aldehydes is 1. The lowest BCUT2D eigenvalue weighted by Crippen LogP contribution is -2.46. The first-order chi connectivity index (χ1) is 12.1. The number of amides is 2. The van der Waals surface area contributed by atoms with Crippen molar-refractivity contribution in [2.24, 2.45) is 0 Å². The number of halogens is 1. The van der Waals surface area contributed by atoms with Gasteiger partial charge in [0.2, 0.25) is 5.91 Å². The Kier molecular flexibility index (Phi) is 7.35. The molecule has 2 aromatic carbocycles. The van der Waals surface area contributed by atoms with Crippen molar-refractivity contribution in [3.8, 4) is 0 Å². The molecule has 2 rings (SSSR count). The van der Waals surface area contributed by atoms with E-state index in [9.17, 15) is 14.4 Å². The molecule has 0 unspecified atom stereocenters. The molecule has 0 aliphatic carbocycles. The number of hydrogen-bond acceptors (Lipinski definition) is 3. The van der Waals surface area contributed by atoms with Gasteiger partial charge in [0, 0.05) is 23.0 Å². The zero-order chi connectivity index (χ0) is 18.1. The highest BCUT2D eigenvalue weighted by Gasteiger charge is 2.20. The summed E-state index contributed by atoms with van der Waals surface area (Å²) in [7, 11) is 0. The summed E-state index contributed by atoms with van der Waals surface area (Å²) in [6.07, 6.45) is 1.19. The van der Waals surface area contributed by atoms with Crippen molar-refractivity contribution in [2.45, 2.75) is 25.4 Å². The lowest BCUT2D eigenvalue weighted by Gasteiger charge is -2.18. The quantitative estimate of drug-likeness (QED) is 0.666. The molecule has 0 fully saturated rings. The third-order valence-electron chi connectivity index (χ3n) is 3.61. The third kappa shape index (κ3) is 6.15. The van der Waals surface area contributed by atoms with Gasteiger partial charge in [0.15, 0.2) is 0 Å². The van der Waals surface area contributed by atoms with Gasteiger partial charge in [0.1, 0.15) is 12.3 Å². The first kappa shape index (κ1) is 18.9. The van der Waals surface area contributed by atoms with Crippen LogP contribution in [0, 0.1) is 0 Å². The van der Waals surface area contributed by atoms with Crippen molar-refractivity contribution < 1.29 is 14.4 Å². The third-order valence-corrected chi connectivity index (χ3v) is 4.14. The monoisotopic (exact) mass is 402 g/mol. The van der Waals surface area contributed by atoms with Crippen molar-refractivity contribution in [3.63, 3.8) is 0 Å². The van der Waals surface area contributed by atoms with E-state index in [-0.39, 0.29) is 24.7 Å². The molecule has 0 saturated carbocycles. The zero-order valence-electron chi connectivity index (χ0n) is 13.6. The molecule has 0 heterocycles. The average Bonchev–Trinajstić information content (AvgIpc) is 2.64. The summed E-state index contributed by atoms with van der Waals surface area (Å²) in [4.78, 5) is 35.4. The topological polar surface area (TPSA) is 75.3 Å². The minimum Gasteiger partial charge on any atom is -0.350 e. The molecule has 25 heavy (non-hydrogen) atoms. The SMILES string of the molecule is O=CCC[C@H](NC(=O)c1ccc(Br)cc1)C(=O)NCc1ccccc1. The summed E-state index contributed by atoms with van der Waals surface area (Å²) in [6, 6.07) is 15.6. The van der Waals surface area contributed by atoms with Crippen LogP contribution < -0.4 is 10.6 Å². The van der Waals surface area contributed by atoms with Gasteiger partial charge in [-0.3, -0.25) is 9.59 Å². The maximum absolute atomic E-state index is 12.4. The maximum Gasteiger partial charge on any atom is 0.251 e. The van der Waals surface area contributed by atoms with E-state index >= 15 is 0 Å². The van der Waals surface area contributed by atoms with Gasteiger partial charge in [0.25, 0.3) is 5.91 Å². The standard InChI is InChI=1S/C19H19BrN2O3/c20-16-10-8-15(9-11-16)18(24)22-17(7-4-12-23)19(25)21-13-14-5-2-1-3-6-14/h1-3,5-6,8-12,17H,4,7,13H2,(H,21,25)(H,22,24)/t17-/m0/s1. The Balaban J connectivity index is 1.98. The van der Waals surface area contributed by atoms with E-state index in [4.69, 9.17) is 0 Å². The maximum atomic E-state index is 12.4. The molecular formula is C19H19BrN2O3. The average molecular weight is 403 g/mol. The summed E-state index contributed by atoms with van der Waals surface area (Å²) in [5.74, 6) is -0.658. The van der Waals surface area contributed by atoms with Gasteiger partial charge < -0.3 is 15.4 Å². The van der Waals surface area contributed by atoms with Gasteiger partial charge in [-0.1, -0.05) is 46.3 Å². The lowest BCUT2D eigenvalue weighted by molar-refractivity contribution is -0.123. The fourth-order valence-electron chi connectivity index (χ4n) is 2.25. The van der Waals surface area contributed by atoms with Crippen LogP contribution in [-0.4, -0.2) is 24.1 Å². The Labute approximate surface area is 154 Å². The van der Waals surface area contributed by atoms with Crippen molar-refractivity contribution in [1.82, 2.24) is 10.6 Å². The first-order valence-corrected chi connectivity index (χ1v) is 8.71. The molecule has 0 spiro atoms. The van der Waals surface area contributed by atoms with Gasteiger partial charge in [-0.2, -0.15) is 0 Å². The predicted molar refractivity (Wildman–Crippen MR) is 99.0 cm³/mol. The van der Waals surface area contributed by atoms with Gasteiger partial charge in [-0.05, 0) is 36.2 Å². The van der Waals surface area contributed by atoms with E-state index in [0.29, 0.717) is 12.1 Å². The smallest absolute Gasteiger partial charge is 0.251 e. The zero-order valence-corrected chi connectivity index (χ0v) is 15.2. The Hall–Kier alpha value is -2.47. The molecule has 130 valence electrons. The van der Waals surface area contributed by atoms with Crippen molar-refractivity contribution in [2.75, 3.05) is 0 Å². The van der Waals surface area contributed by atoms with Crippen LogP contribution in [0.2, 0.25) is 0 Å². The summed E-state index contributed by atoms with van der Waals surface area (Å²) in [5, 5.41) is 5.50. The summed E-state index contributed by atoms with van der Waals surface area (Å²) < 4.78 is 0.863. The summed E-state index contributed by atoms with van der Waals surface area (Å²) in [5.41, 5.74) is 1.42. The molecule has 2 amide bonds. The molecule has 2 aromatic rings. The van der Waals surface area contributed by atoms with Crippen molar-refractivity contribution in [1.29, 1.82) is 0 Å². The minimum atomic E-state index is -0.759.